The fourth-order valence-electron chi connectivity index (χ4n) is 3.46. The van der Waals surface area contributed by atoms with Crippen molar-refractivity contribution in [3.8, 4) is 11.1 Å². The van der Waals surface area contributed by atoms with Crippen LogP contribution < -0.4 is 5.32 Å². The molecule has 0 bridgehead atoms. The van der Waals surface area contributed by atoms with Gasteiger partial charge in [-0.25, -0.2) is 9.67 Å². The number of aromatic nitrogens is 5. The van der Waals surface area contributed by atoms with Gasteiger partial charge in [-0.05, 0) is 38.0 Å². The van der Waals surface area contributed by atoms with Gasteiger partial charge in [0.1, 0.15) is 6.54 Å². The highest BCUT2D eigenvalue weighted by Crippen LogP contribution is 2.29. The maximum Gasteiger partial charge on any atom is 0.246 e. The standard InChI is InChI=1S/C21H22N6O/c1-4-26-15(3)18(12-23-26)24-19(28)13-27-21-20(14(2)25-27)17(10-11-22-21)16-8-6-5-7-9-16/h5-12H,4,13H2,1-3H3,(H,24,28). The average Bonchev–Trinajstić information content (AvgIpc) is 3.22. The summed E-state index contributed by atoms with van der Waals surface area (Å²) in [7, 11) is 0. The lowest BCUT2D eigenvalue weighted by molar-refractivity contribution is -0.116. The molecule has 0 atom stereocenters. The highest BCUT2D eigenvalue weighted by atomic mass is 16.2. The van der Waals surface area contributed by atoms with Gasteiger partial charge < -0.3 is 5.32 Å². The van der Waals surface area contributed by atoms with Crippen LogP contribution in [0.2, 0.25) is 0 Å². The van der Waals surface area contributed by atoms with Crippen molar-refractivity contribution in [2.24, 2.45) is 0 Å². The molecule has 0 fully saturated rings. The summed E-state index contributed by atoms with van der Waals surface area (Å²) in [5.41, 5.74) is 5.37. The lowest BCUT2D eigenvalue weighted by Gasteiger charge is -2.07. The van der Waals surface area contributed by atoms with Crippen molar-refractivity contribution < 1.29 is 4.79 Å². The summed E-state index contributed by atoms with van der Waals surface area (Å²) in [4.78, 5) is 17.1. The van der Waals surface area contributed by atoms with Crippen LogP contribution >= 0.6 is 0 Å². The normalized spacial score (nSPS) is 11.1. The molecular weight excluding hydrogens is 352 g/mol. The SMILES string of the molecule is CCn1ncc(NC(=O)Cn2nc(C)c3c(-c4ccccc4)ccnc32)c1C. The summed E-state index contributed by atoms with van der Waals surface area (Å²) >= 11 is 0. The molecule has 1 N–H and O–H groups in total. The van der Waals surface area contributed by atoms with Crippen LogP contribution in [-0.2, 0) is 17.9 Å². The Kier molecular flexibility index (Phi) is 4.65. The van der Waals surface area contributed by atoms with Crippen LogP contribution in [0.5, 0.6) is 0 Å². The first kappa shape index (κ1) is 17.9. The molecule has 0 spiro atoms. The topological polar surface area (TPSA) is 77.6 Å². The third kappa shape index (κ3) is 3.15. The van der Waals surface area contributed by atoms with E-state index in [2.05, 4.69) is 32.6 Å². The first-order chi connectivity index (χ1) is 13.6. The molecule has 0 saturated heterocycles. The number of nitrogens with one attached hydrogen (secondary N) is 1. The van der Waals surface area contributed by atoms with E-state index in [0.29, 0.717) is 5.65 Å². The zero-order chi connectivity index (χ0) is 19.7. The number of carbonyl (C=O) groups is 1. The third-order valence-electron chi connectivity index (χ3n) is 4.86. The van der Waals surface area contributed by atoms with Gasteiger partial charge in [-0.1, -0.05) is 30.3 Å². The van der Waals surface area contributed by atoms with Crippen LogP contribution in [0, 0.1) is 13.8 Å². The Morgan fingerprint density at radius 1 is 1.11 bits per heavy atom. The summed E-state index contributed by atoms with van der Waals surface area (Å²) < 4.78 is 3.50. The fourth-order valence-corrected chi connectivity index (χ4v) is 3.46. The van der Waals surface area contributed by atoms with E-state index in [4.69, 9.17) is 0 Å². The molecule has 28 heavy (non-hydrogen) atoms. The van der Waals surface area contributed by atoms with Crippen LogP contribution in [0.1, 0.15) is 18.3 Å². The summed E-state index contributed by atoms with van der Waals surface area (Å²) in [6.07, 6.45) is 3.44. The molecule has 0 saturated carbocycles. The number of nitrogens with zero attached hydrogens (tertiary/aromatic N) is 5. The van der Waals surface area contributed by atoms with Gasteiger partial charge in [0.2, 0.25) is 5.91 Å². The lowest BCUT2D eigenvalue weighted by atomic mass is 10.0. The van der Waals surface area contributed by atoms with E-state index in [-0.39, 0.29) is 12.5 Å². The van der Waals surface area contributed by atoms with Crippen molar-refractivity contribution >= 4 is 22.6 Å². The number of amides is 1. The van der Waals surface area contributed by atoms with Gasteiger partial charge in [0.05, 0.1) is 23.3 Å². The predicted octanol–water partition coefficient (Wildman–Crippen LogP) is 3.57. The third-order valence-corrected chi connectivity index (χ3v) is 4.86. The van der Waals surface area contributed by atoms with Crippen molar-refractivity contribution in [1.29, 1.82) is 0 Å². The van der Waals surface area contributed by atoms with Gasteiger partial charge in [-0.3, -0.25) is 9.48 Å². The van der Waals surface area contributed by atoms with E-state index < -0.39 is 0 Å². The smallest absolute Gasteiger partial charge is 0.246 e. The van der Waals surface area contributed by atoms with Gasteiger partial charge in [-0.15, -0.1) is 0 Å². The zero-order valence-corrected chi connectivity index (χ0v) is 16.2. The number of pyridine rings is 1. The average molecular weight is 374 g/mol. The molecule has 0 aliphatic heterocycles. The van der Waals surface area contributed by atoms with E-state index in [9.17, 15) is 4.79 Å². The Hall–Kier alpha value is -3.48. The van der Waals surface area contributed by atoms with E-state index in [0.717, 1.165) is 40.1 Å². The Labute approximate surface area is 163 Å². The maximum absolute atomic E-state index is 12.6. The molecule has 4 rings (SSSR count). The molecule has 4 aromatic rings. The summed E-state index contributed by atoms with van der Waals surface area (Å²) in [6.45, 7) is 6.75. The van der Waals surface area contributed by atoms with Crippen molar-refractivity contribution in [1.82, 2.24) is 24.5 Å². The van der Waals surface area contributed by atoms with E-state index in [1.807, 2.05) is 49.7 Å². The van der Waals surface area contributed by atoms with Gasteiger partial charge in [0, 0.05) is 18.1 Å². The molecule has 1 amide bonds. The Balaban J connectivity index is 1.64. The Bertz CT molecular complexity index is 1140. The van der Waals surface area contributed by atoms with Crippen LogP contribution in [0.25, 0.3) is 22.2 Å². The summed E-state index contributed by atoms with van der Waals surface area (Å²) in [5, 5.41) is 12.7. The molecular formula is C21H22N6O. The van der Waals surface area contributed by atoms with Crippen LogP contribution in [0.15, 0.2) is 48.8 Å². The molecule has 1 aromatic carbocycles. The quantitative estimate of drug-likeness (QED) is 0.579. The second-order valence-electron chi connectivity index (χ2n) is 6.67. The molecule has 7 nitrogen and oxygen atoms in total. The highest BCUT2D eigenvalue weighted by molar-refractivity contribution is 5.96. The number of aryl methyl sites for hydroxylation is 2. The molecule has 3 aromatic heterocycles. The number of hydrogen-bond acceptors (Lipinski definition) is 4. The molecule has 0 radical (unpaired) electrons. The van der Waals surface area contributed by atoms with Crippen molar-refractivity contribution in [2.75, 3.05) is 5.32 Å². The maximum atomic E-state index is 12.6. The largest absolute Gasteiger partial charge is 0.322 e. The van der Waals surface area contributed by atoms with E-state index in [1.165, 1.54) is 0 Å². The van der Waals surface area contributed by atoms with Gasteiger partial charge >= 0.3 is 0 Å². The summed E-state index contributed by atoms with van der Waals surface area (Å²) in [5.74, 6) is -0.157. The second-order valence-corrected chi connectivity index (χ2v) is 6.67. The number of carbonyl (C=O) groups excluding carboxylic acids is 1. The number of anilines is 1. The minimum absolute atomic E-state index is 0.0896. The number of hydrogen-bond donors (Lipinski definition) is 1. The van der Waals surface area contributed by atoms with Gasteiger partial charge in [-0.2, -0.15) is 10.2 Å². The van der Waals surface area contributed by atoms with Gasteiger partial charge in [0.25, 0.3) is 0 Å². The van der Waals surface area contributed by atoms with Crippen LogP contribution in [0.3, 0.4) is 0 Å². The van der Waals surface area contributed by atoms with E-state index in [1.54, 1.807) is 17.1 Å². The second kappa shape index (κ2) is 7.26. The van der Waals surface area contributed by atoms with Gasteiger partial charge in [0.15, 0.2) is 5.65 Å². The number of rotatable bonds is 5. The minimum Gasteiger partial charge on any atom is -0.322 e. The van der Waals surface area contributed by atoms with Crippen LogP contribution in [0.4, 0.5) is 5.69 Å². The molecule has 0 aliphatic rings. The lowest BCUT2D eigenvalue weighted by Crippen LogP contribution is -2.20. The van der Waals surface area contributed by atoms with E-state index >= 15 is 0 Å². The Morgan fingerprint density at radius 3 is 2.61 bits per heavy atom. The summed E-state index contributed by atoms with van der Waals surface area (Å²) in [6, 6.07) is 12.1. The predicted molar refractivity (Wildman–Crippen MR) is 109 cm³/mol. The zero-order valence-electron chi connectivity index (χ0n) is 16.2. The monoisotopic (exact) mass is 374 g/mol. The molecule has 0 aliphatic carbocycles. The van der Waals surface area contributed by atoms with Crippen molar-refractivity contribution in [3.05, 3.63) is 60.2 Å². The van der Waals surface area contributed by atoms with Crippen LogP contribution in [-0.4, -0.2) is 30.5 Å². The van der Waals surface area contributed by atoms with Crippen molar-refractivity contribution in [2.45, 2.75) is 33.9 Å². The molecule has 3 heterocycles. The Morgan fingerprint density at radius 2 is 1.89 bits per heavy atom. The molecule has 0 unspecified atom stereocenters. The number of fused-ring (bicyclic) bond motifs is 1. The highest BCUT2D eigenvalue weighted by Gasteiger charge is 2.16. The minimum atomic E-state index is -0.157. The molecule has 7 heteroatoms. The molecule has 142 valence electrons. The first-order valence-corrected chi connectivity index (χ1v) is 9.28. The number of benzene rings is 1. The van der Waals surface area contributed by atoms with Crippen molar-refractivity contribution in [3.63, 3.8) is 0 Å². The fraction of sp³-hybridized carbons (Fsp3) is 0.238. The first-order valence-electron chi connectivity index (χ1n) is 9.28.